The summed E-state index contributed by atoms with van der Waals surface area (Å²) < 4.78 is 0. The van der Waals surface area contributed by atoms with Crippen LogP contribution in [0.1, 0.15) is 30.0 Å². The highest BCUT2D eigenvalue weighted by atomic mass is 15.0. The first-order valence-electron chi connectivity index (χ1n) is 5.46. The molecule has 0 saturated heterocycles. The Bertz CT molecular complexity index is 330. The molecule has 2 atom stereocenters. The van der Waals surface area contributed by atoms with Crippen molar-refractivity contribution in [1.29, 1.82) is 0 Å². The third-order valence-electron chi connectivity index (χ3n) is 3.25. The van der Waals surface area contributed by atoms with Crippen LogP contribution in [0.5, 0.6) is 0 Å². The summed E-state index contributed by atoms with van der Waals surface area (Å²) in [7, 11) is 0. The number of benzene rings is 1. The highest BCUT2D eigenvalue weighted by Crippen LogP contribution is 2.29. The van der Waals surface area contributed by atoms with Crippen molar-refractivity contribution in [2.45, 2.75) is 39.8 Å². The van der Waals surface area contributed by atoms with Crippen LogP contribution in [0.2, 0.25) is 0 Å². The van der Waals surface area contributed by atoms with Gasteiger partial charge in [0.25, 0.3) is 0 Å². The minimum atomic E-state index is 0.775. The first-order chi connectivity index (χ1) is 6.66. The molecule has 0 heterocycles. The van der Waals surface area contributed by atoms with Crippen molar-refractivity contribution in [3.05, 3.63) is 34.9 Å². The Kier molecular flexibility index (Phi) is 2.60. The van der Waals surface area contributed by atoms with E-state index in [4.69, 9.17) is 0 Å². The Labute approximate surface area is 86.5 Å². The van der Waals surface area contributed by atoms with Crippen LogP contribution < -0.4 is 5.32 Å². The molecule has 0 aliphatic heterocycles. The number of nitrogens with one attached hydrogen (secondary N) is 1. The summed E-state index contributed by atoms with van der Waals surface area (Å²) in [6, 6.07) is 7.50. The second-order valence-corrected chi connectivity index (χ2v) is 4.62. The fraction of sp³-hybridized carbons (Fsp3) is 0.538. The van der Waals surface area contributed by atoms with Crippen molar-refractivity contribution < 1.29 is 0 Å². The molecule has 14 heavy (non-hydrogen) atoms. The number of hydrogen-bond donors (Lipinski definition) is 1. The Balaban J connectivity index is 1.92. The average molecular weight is 189 g/mol. The van der Waals surface area contributed by atoms with Crippen LogP contribution in [-0.4, -0.2) is 6.04 Å². The lowest BCUT2D eigenvalue weighted by Gasteiger charge is -2.06. The lowest BCUT2D eigenvalue weighted by Crippen LogP contribution is -2.17. The molecule has 1 aliphatic carbocycles. The predicted molar refractivity (Wildman–Crippen MR) is 60.3 cm³/mol. The maximum absolute atomic E-state index is 3.57. The van der Waals surface area contributed by atoms with Crippen molar-refractivity contribution in [1.82, 2.24) is 5.32 Å². The molecule has 1 saturated carbocycles. The molecule has 0 spiro atoms. The first kappa shape index (κ1) is 9.72. The second-order valence-electron chi connectivity index (χ2n) is 4.62. The van der Waals surface area contributed by atoms with Gasteiger partial charge in [-0.1, -0.05) is 25.1 Å². The van der Waals surface area contributed by atoms with Gasteiger partial charge in [-0.3, -0.25) is 0 Å². The number of aryl methyl sites for hydroxylation is 2. The fourth-order valence-electron chi connectivity index (χ4n) is 1.77. The van der Waals surface area contributed by atoms with E-state index in [0.29, 0.717) is 0 Å². The molecule has 2 rings (SSSR count). The van der Waals surface area contributed by atoms with Crippen LogP contribution in [0, 0.1) is 19.8 Å². The molecule has 0 aromatic heterocycles. The fourth-order valence-corrected chi connectivity index (χ4v) is 1.77. The summed E-state index contributed by atoms with van der Waals surface area (Å²) >= 11 is 0. The molecule has 2 unspecified atom stereocenters. The van der Waals surface area contributed by atoms with Crippen LogP contribution in [0.4, 0.5) is 0 Å². The van der Waals surface area contributed by atoms with Crippen molar-refractivity contribution in [2.75, 3.05) is 0 Å². The quantitative estimate of drug-likeness (QED) is 0.771. The second kappa shape index (κ2) is 3.74. The van der Waals surface area contributed by atoms with Gasteiger partial charge in [0.15, 0.2) is 0 Å². The largest absolute Gasteiger partial charge is 0.310 e. The zero-order valence-corrected chi connectivity index (χ0v) is 9.30. The van der Waals surface area contributed by atoms with E-state index in [1.54, 1.807) is 0 Å². The normalized spacial score (nSPS) is 25.1. The van der Waals surface area contributed by atoms with Gasteiger partial charge < -0.3 is 5.32 Å². The Morgan fingerprint density at radius 1 is 1.29 bits per heavy atom. The molecule has 1 fully saturated rings. The molecule has 1 aromatic rings. The van der Waals surface area contributed by atoms with Crippen LogP contribution in [0.3, 0.4) is 0 Å². The molecule has 1 aromatic carbocycles. The molecular weight excluding hydrogens is 170 g/mol. The Morgan fingerprint density at radius 3 is 2.57 bits per heavy atom. The number of rotatable bonds is 3. The van der Waals surface area contributed by atoms with Crippen LogP contribution >= 0.6 is 0 Å². The molecule has 1 aliphatic rings. The van der Waals surface area contributed by atoms with Crippen molar-refractivity contribution >= 4 is 0 Å². The minimum Gasteiger partial charge on any atom is -0.310 e. The zero-order chi connectivity index (χ0) is 10.1. The predicted octanol–water partition coefficient (Wildman–Crippen LogP) is 2.80. The molecule has 0 radical (unpaired) electrons. The Morgan fingerprint density at radius 2 is 2.00 bits per heavy atom. The molecule has 1 heteroatoms. The van der Waals surface area contributed by atoms with Gasteiger partial charge in [-0.2, -0.15) is 0 Å². The summed E-state index contributed by atoms with van der Waals surface area (Å²) in [6.45, 7) is 7.67. The van der Waals surface area contributed by atoms with Crippen molar-refractivity contribution in [2.24, 2.45) is 5.92 Å². The summed E-state index contributed by atoms with van der Waals surface area (Å²) in [4.78, 5) is 0. The smallest absolute Gasteiger partial charge is 0.0208 e. The van der Waals surface area contributed by atoms with Gasteiger partial charge in [-0.05, 0) is 42.9 Å². The molecule has 76 valence electrons. The van der Waals surface area contributed by atoms with Crippen molar-refractivity contribution in [3.8, 4) is 0 Å². The average Bonchev–Trinajstić information content (AvgIpc) is 2.85. The maximum Gasteiger partial charge on any atom is 0.0208 e. The van der Waals surface area contributed by atoms with Crippen molar-refractivity contribution in [3.63, 3.8) is 0 Å². The van der Waals surface area contributed by atoms with Gasteiger partial charge in [0, 0.05) is 12.6 Å². The molecule has 1 nitrogen and oxygen atoms in total. The van der Waals surface area contributed by atoms with Crippen LogP contribution in [-0.2, 0) is 6.54 Å². The standard InChI is InChI=1S/C13H19N/c1-9-4-5-12(6-10(9)2)8-14-13-7-11(13)3/h4-6,11,13-14H,7-8H2,1-3H3. The topological polar surface area (TPSA) is 12.0 Å². The monoisotopic (exact) mass is 189 g/mol. The van der Waals surface area contributed by atoms with Gasteiger partial charge in [-0.15, -0.1) is 0 Å². The first-order valence-corrected chi connectivity index (χ1v) is 5.46. The van der Waals surface area contributed by atoms with E-state index in [0.717, 1.165) is 18.5 Å². The van der Waals surface area contributed by atoms with E-state index < -0.39 is 0 Å². The van der Waals surface area contributed by atoms with Gasteiger partial charge in [0.2, 0.25) is 0 Å². The summed E-state index contributed by atoms with van der Waals surface area (Å²) in [6.07, 6.45) is 1.35. The van der Waals surface area contributed by atoms with Crippen LogP contribution in [0.15, 0.2) is 18.2 Å². The highest BCUT2D eigenvalue weighted by Gasteiger charge is 2.31. The van der Waals surface area contributed by atoms with E-state index in [1.807, 2.05) is 0 Å². The summed E-state index contributed by atoms with van der Waals surface area (Å²) in [5, 5.41) is 3.57. The van der Waals surface area contributed by atoms with E-state index in [-0.39, 0.29) is 0 Å². The molecule has 0 amide bonds. The van der Waals surface area contributed by atoms with E-state index >= 15 is 0 Å². The summed E-state index contributed by atoms with van der Waals surface area (Å²) in [5.74, 6) is 0.890. The molecular formula is C13H19N. The lowest BCUT2D eigenvalue weighted by atomic mass is 10.1. The third kappa shape index (κ3) is 2.16. The molecule has 0 bridgehead atoms. The zero-order valence-electron chi connectivity index (χ0n) is 9.30. The lowest BCUT2D eigenvalue weighted by molar-refractivity contribution is 0.652. The van der Waals surface area contributed by atoms with E-state index in [2.05, 4.69) is 44.3 Å². The van der Waals surface area contributed by atoms with Gasteiger partial charge in [0.05, 0.1) is 0 Å². The maximum atomic E-state index is 3.57. The molecule has 1 N–H and O–H groups in total. The highest BCUT2D eigenvalue weighted by molar-refractivity contribution is 5.29. The minimum absolute atomic E-state index is 0.775. The third-order valence-corrected chi connectivity index (χ3v) is 3.25. The van der Waals surface area contributed by atoms with E-state index in [1.165, 1.54) is 23.1 Å². The van der Waals surface area contributed by atoms with Gasteiger partial charge >= 0.3 is 0 Å². The van der Waals surface area contributed by atoms with E-state index in [9.17, 15) is 0 Å². The SMILES string of the molecule is Cc1ccc(CNC2CC2C)cc1C. The van der Waals surface area contributed by atoms with Crippen LogP contribution in [0.25, 0.3) is 0 Å². The summed E-state index contributed by atoms with van der Waals surface area (Å²) in [5.41, 5.74) is 4.19. The Hall–Kier alpha value is -0.820. The number of hydrogen-bond acceptors (Lipinski definition) is 1. The van der Waals surface area contributed by atoms with Gasteiger partial charge in [-0.25, -0.2) is 0 Å². The van der Waals surface area contributed by atoms with Gasteiger partial charge in [0.1, 0.15) is 0 Å².